The molecule has 0 aromatic heterocycles. The number of ether oxygens (including phenoxy) is 1. The molecule has 7 nitrogen and oxygen atoms in total. The van der Waals surface area contributed by atoms with E-state index in [1.165, 1.54) is 46.8 Å². The standard InChI is InChI=1S/C19H21F2N3O4S/c1-23-9-11-24(12-10-23)29(26,27)15-6-4-5-14(13-15)18(25)22-16-7-2-3-8-17(16)28-19(20)21/h2-8,13,19H,9-12H2,1H3,(H,22,25). The number of halogens is 2. The van der Waals surface area contributed by atoms with Crippen molar-refractivity contribution in [3.63, 3.8) is 0 Å². The molecule has 3 rings (SSSR count). The summed E-state index contributed by atoms with van der Waals surface area (Å²) in [6.45, 7) is -1.05. The van der Waals surface area contributed by atoms with Crippen LogP contribution in [0.4, 0.5) is 14.5 Å². The number of likely N-dealkylation sites (N-methyl/N-ethyl adjacent to an activating group) is 1. The van der Waals surface area contributed by atoms with Crippen molar-refractivity contribution in [2.45, 2.75) is 11.5 Å². The first-order valence-corrected chi connectivity index (χ1v) is 10.4. The van der Waals surface area contributed by atoms with E-state index in [1.807, 2.05) is 11.9 Å². The quantitative estimate of drug-likeness (QED) is 0.769. The van der Waals surface area contributed by atoms with Gasteiger partial charge < -0.3 is 15.0 Å². The van der Waals surface area contributed by atoms with E-state index in [4.69, 9.17) is 0 Å². The van der Waals surface area contributed by atoms with Crippen LogP contribution in [-0.2, 0) is 10.0 Å². The van der Waals surface area contributed by atoms with Gasteiger partial charge in [0, 0.05) is 31.7 Å². The van der Waals surface area contributed by atoms with Crippen LogP contribution in [0.5, 0.6) is 5.75 Å². The molecule has 1 aliphatic heterocycles. The normalized spacial score (nSPS) is 16.0. The molecule has 0 unspecified atom stereocenters. The maximum atomic E-state index is 12.9. The highest BCUT2D eigenvalue weighted by Gasteiger charge is 2.28. The van der Waals surface area contributed by atoms with Crippen molar-refractivity contribution < 1.29 is 26.7 Å². The molecule has 1 aliphatic rings. The average Bonchev–Trinajstić information content (AvgIpc) is 2.69. The molecule has 0 spiro atoms. The molecule has 0 bridgehead atoms. The minimum absolute atomic E-state index is 0.00631. The summed E-state index contributed by atoms with van der Waals surface area (Å²) in [7, 11) is -1.81. The third-order valence-corrected chi connectivity index (χ3v) is 6.44. The number of para-hydroxylation sites is 2. The second-order valence-electron chi connectivity index (χ2n) is 6.56. The molecule has 29 heavy (non-hydrogen) atoms. The number of alkyl halides is 2. The zero-order valence-corrected chi connectivity index (χ0v) is 16.5. The molecule has 0 saturated carbocycles. The Bertz CT molecular complexity index is 977. The molecule has 0 radical (unpaired) electrons. The number of carbonyl (C=O) groups excluding carboxylic acids is 1. The number of amides is 1. The van der Waals surface area contributed by atoms with E-state index in [1.54, 1.807) is 6.07 Å². The van der Waals surface area contributed by atoms with E-state index < -0.39 is 22.5 Å². The lowest BCUT2D eigenvalue weighted by molar-refractivity contribution is -0.0493. The van der Waals surface area contributed by atoms with Gasteiger partial charge in [-0.15, -0.1) is 0 Å². The molecular weight excluding hydrogens is 404 g/mol. The Hall–Kier alpha value is -2.56. The van der Waals surface area contributed by atoms with E-state index in [-0.39, 0.29) is 21.9 Å². The number of hydrogen-bond acceptors (Lipinski definition) is 5. The summed E-state index contributed by atoms with van der Waals surface area (Å²) in [5, 5.41) is 2.48. The number of anilines is 1. The molecular formula is C19H21F2N3O4S. The molecule has 1 heterocycles. The first kappa shape index (κ1) is 21.2. The average molecular weight is 425 g/mol. The summed E-state index contributed by atoms with van der Waals surface area (Å²) in [6.07, 6.45) is 0. The van der Waals surface area contributed by atoms with Gasteiger partial charge in [0.05, 0.1) is 10.6 Å². The number of rotatable bonds is 6. The molecule has 156 valence electrons. The summed E-state index contributed by atoms with van der Waals surface area (Å²) < 4.78 is 56.6. The Labute approximate surface area is 167 Å². The van der Waals surface area contributed by atoms with Crippen LogP contribution in [0.15, 0.2) is 53.4 Å². The molecule has 10 heteroatoms. The van der Waals surface area contributed by atoms with Crippen molar-refractivity contribution in [1.29, 1.82) is 0 Å². The van der Waals surface area contributed by atoms with Crippen LogP contribution >= 0.6 is 0 Å². The van der Waals surface area contributed by atoms with Gasteiger partial charge in [-0.1, -0.05) is 18.2 Å². The third kappa shape index (κ3) is 5.08. The SMILES string of the molecule is CN1CCN(S(=O)(=O)c2cccc(C(=O)Nc3ccccc3OC(F)F)c2)CC1. The Balaban J connectivity index is 1.80. The third-order valence-electron chi connectivity index (χ3n) is 4.55. The fourth-order valence-corrected chi connectivity index (χ4v) is 4.41. The minimum Gasteiger partial charge on any atom is -0.433 e. The Morgan fingerprint density at radius 3 is 2.45 bits per heavy atom. The van der Waals surface area contributed by atoms with Crippen molar-refractivity contribution in [3.05, 3.63) is 54.1 Å². The first-order valence-electron chi connectivity index (χ1n) is 8.91. The Kier molecular flexibility index (Phi) is 6.46. The Morgan fingerprint density at radius 1 is 1.07 bits per heavy atom. The van der Waals surface area contributed by atoms with Crippen molar-refractivity contribution in [1.82, 2.24) is 9.21 Å². The van der Waals surface area contributed by atoms with Crippen molar-refractivity contribution in [2.24, 2.45) is 0 Å². The molecule has 1 amide bonds. The van der Waals surface area contributed by atoms with Gasteiger partial charge in [-0.2, -0.15) is 13.1 Å². The van der Waals surface area contributed by atoms with E-state index in [0.29, 0.717) is 26.2 Å². The monoisotopic (exact) mass is 425 g/mol. The summed E-state index contributed by atoms with van der Waals surface area (Å²) in [5.41, 5.74) is 0.150. The van der Waals surface area contributed by atoms with Crippen LogP contribution in [0.1, 0.15) is 10.4 Å². The maximum absolute atomic E-state index is 12.9. The van der Waals surface area contributed by atoms with Crippen LogP contribution in [0.2, 0.25) is 0 Å². The predicted octanol–water partition coefficient (Wildman–Crippen LogP) is 2.48. The van der Waals surface area contributed by atoms with E-state index in [9.17, 15) is 22.0 Å². The van der Waals surface area contributed by atoms with Gasteiger partial charge in [0.25, 0.3) is 5.91 Å². The van der Waals surface area contributed by atoms with Crippen molar-refractivity contribution in [3.8, 4) is 5.75 Å². The predicted molar refractivity (Wildman–Crippen MR) is 104 cm³/mol. The van der Waals surface area contributed by atoms with Gasteiger partial charge in [0.1, 0.15) is 5.75 Å². The number of nitrogens with one attached hydrogen (secondary N) is 1. The number of hydrogen-bond donors (Lipinski definition) is 1. The molecule has 2 aromatic carbocycles. The van der Waals surface area contributed by atoms with E-state index >= 15 is 0 Å². The second-order valence-corrected chi connectivity index (χ2v) is 8.50. The van der Waals surface area contributed by atoms with Gasteiger partial charge in [0.2, 0.25) is 10.0 Å². The molecule has 1 fully saturated rings. The zero-order chi connectivity index (χ0) is 21.0. The number of nitrogens with zero attached hydrogens (tertiary/aromatic N) is 2. The van der Waals surface area contributed by atoms with Crippen molar-refractivity contribution >= 4 is 21.6 Å². The van der Waals surface area contributed by atoms with E-state index in [0.717, 1.165) is 0 Å². The van der Waals surface area contributed by atoms with Crippen LogP contribution < -0.4 is 10.1 Å². The Morgan fingerprint density at radius 2 is 1.76 bits per heavy atom. The molecule has 0 atom stereocenters. The fraction of sp³-hybridized carbons (Fsp3) is 0.316. The zero-order valence-electron chi connectivity index (χ0n) is 15.7. The van der Waals surface area contributed by atoms with Gasteiger partial charge in [-0.25, -0.2) is 8.42 Å². The summed E-state index contributed by atoms with van der Waals surface area (Å²) in [5.74, 6) is -0.817. The lowest BCUT2D eigenvalue weighted by Crippen LogP contribution is -2.47. The van der Waals surface area contributed by atoms with Crippen LogP contribution in [0.3, 0.4) is 0 Å². The van der Waals surface area contributed by atoms with Gasteiger partial charge >= 0.3 is 6.61 Å². The number of carbonyl (C=O) groups is 1. The summed E-state index contributed by atoms with van der Waals surface area (Å²) in [4.78, 5) is 14.6. The molecule has 0 aliphatic carbocycles. The van der Waals surface area contributed by atoms with Gasteiger partial charge in [-0.05, 0) is 37.4 Å². The minimum atomic E-state index is -3.74. The first-order chi connectivity index (χ1) is 13.8. The lowest BCUT2D eigenvalue weighted by atomic mass is 10.2. The maximum Gasteiger partial charge on any atom is 0.387 e. The van der Waals surface area contributed by atoms with Crippen LogP contribution in [0.25, 0.3) is 0 Å². The summed E-state index contributed by atoms with van der Waals surface area (Å²) in [6, 6.07) is 11.4. The highest BCUT2D eigenvalue weighted by atomic mass is 32.2. The highest BCUT2D eigenvalue weighted by Crippen LogP contribution is 2.26. The summed E-state index contributed by atoms with van der Waals surface area (Å²) >= 11 is 0. The van der Waals surface area contributed by atoms with Crippen LogP contribution in [0, 0.1) is 0 Å². The molecule has 1 saturated heterocycles. The number of benzene rings is 2. The van der Waals surface area contributed by atoms with Gasteiger partial charge in [-0.3, -0.25) is 4.79 Å². The van der Waals surface area contributed by atoms with E-state index in [2.05, 4.69) is 10.1 Å². The van der Waals surface area contributed by atoms with Crippen molar-refractivity contribution in [2.75, 3.05) is 38.5 Å². The van der Waals surface area contributed by atoms with Crippen LogP contribution in [-0.4, -0.2) is 63.4 Å². The second kappa shape index (κ2) is 8.85. The number of piperazine rings is 1. The topological polar surface area (TPSA) is 79.0 Å². The highest BCUT2D eigenvalue weighted by molar-refractivity contribution is 7.89. The number of sulfonamides is 1. The molecule has 2 aromatic rings. The van der Waals surface area contributed by atoms with Gasteiger partial charge in [0.15, 0.2) is 0 Å². The largest absolute Gasteiger partial charge is 0.433 e. The lowest BCUT2D eigenvalue weighted by Gasteiger charge is -2.31. The smallest absolute Gasteiger partial charge is 0.387 e. The molecule has 1 N–H and O–H groups in total. The fourth-order valence-electron chi connectivity index (χ4n) is 2.94.